The highest BCUT2D eigenvalue weighted by Gasteiger charge is 2.22. The number of hydrogen-bond donors (Lipinski definition) is 1. The SMILES string of the molecule is Cc1ccc(CN2CCN(C(=O)c3ccc4[nH]c(=O)ccc4c3)CC2)cc1. The predicted octanol–water partition coefficient (Wildman–Crippen LogP) is 2.79. The smallest absolute Gasteiger partial charge is 0.253 e. The molecule has 138 valence electrons. The number of benzene rings is 2. The number of piperazine rings is 1. The second-order valence-corrected chi connectivity index (χ2v) is 7.18. The van der Waals surface area contributed by atoms with Gasteiger partial charge in [0.1, 0.15) is 0 Å². The van der Waals surface area contributed by atoms with Crippen molar-refractivity contribution in [3.8, 4) is 0 Å². The molecule has 0 spiro atoms. The summed E-state index contributed by atoms with van der Waals surface area (Å²) in [5.74, 6) is 0.0538. The molecule has 0 atom stereocenters. The third-order valence-electron chi connectivity index (χ3n) is 5.16. The molecule has 1 aliphatic heterocycles. The lowest BCUT2D eigenvalue weighted by atomic mass is 10.1. The van der Waals surface area contributed by atoms with Gasteiger partial charge in [-0.1, -0.05) is 29.8 Å². The highest BCUT2D eigenvalue weighted by atomic mass is 16.2. The highest BCUT2D eigenvalue weighted by Crippen LogP contribution is 2.16. The van der Waals surface area contributed by atoms with Gasteiger partial charge in [0, 0.05) is 49.9 Å². The Morgan fingerprint density at radius 3 is 2.44 bits per heavy atom. The molecule has 1 aromatic heterocycles. The van der Waals surface area contributed by atoms with Crippen LogP contribution in [0.2, 0.25) is 0 Å². The fourth-order valence-electron chi connectivity index (χ4n) is 3.53. The van der Waals surface area contributed by atoms with Crippen molar-refractivity contribution in [2.75, 3.05) is 26.2 Å². The quantitative estimate of drug-likeness (QED) is 0.780. The Morgan fingerprint density at radius 2 is 1.70 bits per heavy atom. The Kier molecular flexibility index (Phi) is 4.77. The van der Waals surface area contributed by atoms with E-state index < -0.39 is 0 Å². The van der Waals surface area contributed by atoms with Crippen molar-refractivity contribution in [3.63, 3.8) is 0 Å². The molecule has 0 saturated carbocycles. The van der Waals surface area contributed by atoms with Crippen molar-refractivity contribution in [2.24, 2.45) is 0 Å². The third kappa shape index (κ3) is 3.93. The van der Waals surface area contributed by atoms with E-state index in [0.717, 1.165) is 43.6 Å². The number of nitrogens with zero attached hydrogens (tertiary/aromatic N) is 2. The zero-order chi connectivity index (χ0) is 18.8. The first kappa shape index (κ1) is 17.5. The van der Waals surface area contributed by atoms with Crippen LogP contribution in [-0.2, 0) is 6.54 Å². The van der Waals surface area contributed by atoms with Gasteiger partial charge in [0.15, 0.2) is 0 Å². The molecular weight excluding hydrogens is 338 g/mol. The van der Waals surface area contributed by atoms with Gasteiger partial charge in [0.2, 0.25) is 5.56 Å². The van der Waals surface area contributed by atoms with Crippen molar-refractivity contribution >= 4 is 16.8 Å². The van der Waals surface area contributed by atoms with Crippen LogP contribution in [0.3, 0.4) is 0 Å². The number of aromatic amines is 1. The largest absolute Gasteiger partial charge is 0.336 e. The fourth-order valence-corrected chi connectivity index (χ4v) is 3.53. The Bertz CT molecular complexity index is 1020. The summed E-state index contributed by atoms with van der Waals surface area (Å²) in [6.45, 7) is 6.23. The van der Waals surface area contributed by atoms with Crippen molar-refractivity contribution in [3.05, 3.63) is 81.6 Å². The van der Waals surface area contributed by atoms with Gasteiger partial charge >= 0.3 is 0 Å². The van der Waals surface area contributed by atoms with Gasteiger partial charge < -0.3 is 9.88 Å². The third-order valence-corrected chi connectivity index (χ3v) is 5.16. The number of carbonyl (C=O) groups is 1. The molecule has 0 aliphatic carbocycles. The van der Waals surface area contributed by atoms with Crippen LogP contribution in [0.15, 0.2) is 59.4 Å². The number of pyridine rings is 1. The van der Waals surface area contributed by atoms with Gasteiger partial charge in [0.25, 0.3) is 5.91 Å². The zero-order valence-corrected chi connectivity index (χ0v) is 15.4. The normalized spacial score (nSPS) is 15.2. The minimum absolute atomic E-state index is 0.0538. The number of hydrogen-bond acceptors (Lipinski definition) is 3. The van der Waals surface area contributed by atoms with Crippen molar-refractivity contribution < 1.29 is 4.79 Å². The first-order valence-electron chi connectivity index (χ1n) is 9.29. The lowest BCUT2D eigenvalue weighted by molar-refractivity contribution is 0.0628. The molecule has 0 bridgehead atoms. The Labute approximate surface area is 158 Å². The van der Waals surface area contributed by atoms with Crippen LogP contribution >= 0.6 is 0 Å². The molecule has 1 aliphatic rings. The minimum atomic E-state index is -0.133. The summed E-state index contributed by atoms with van der Waals surface area (Å²) < 4.78 is 0. The van der Waals surface area contributed by atoms with Crippen LogP contribution in [0, 0.1) is 6.92 Å². The topological polar surface area (TPSA) is 56.4 Å². The minimum Gasteiger partial charge on any atom is -0.336 e. The molecule has 1 saturated heterocycles. The second-order valence-electron chi connectivity index (χ2n) is 7.18. The van der Waals surface area contributed by atoms with Gasteiger partial charge in [0.05, 0.1) is 0 Å². The molecular formula is C22H23N3O2. The van der Waals surface area contributed by atoms with E-state index in [2.05, 4.69) is 41.1 Å². The average molecular weight is 361 g/mol. The molecule has 4 rings (SSSR count). The van der Waals surface area contributed by atoms with Crippen LogP contribution in [0.25, 0.3) is 10.9 Å². The van der Waals surface area contributed by atoms with Crippen LogP contribution in [0.5, 0.6) is 0 Å². The molecule has 2 aromatic carbocycles. The number of aryl methyl sites for hydroxylation is 1. The van der Waals surface area contributed by atoms with Gasteiger partial charge in [-0.05, 0) is 42.1 Å². The second kappa shape index (κ2) is 7.37. The standard InChI is InChI=1S/C22H23N3O2/c1-16-2-4-17(5-3-16)15-24-10-12-25(13-11-24)22(27)19-6-8-20-18(14-19)7-9-21(26)23-20/h2-9,14H,10-13,15H2,1H3,(H,23,26). The molecule has 5 nitrogen and oxygen atoms in total. The van der Waals surface area contributed by atoms with Gasteiger partial charge in [-0.2, -0.15) is 0 Å². The lowest BCUT2D eigenvalue weighted by Crippen LogP contribution is -2.48. The molecule has 1 amide bonds. The molecule has 1 N–H and O–H groups in total. The number of aromatic nitrogens is 1. The molecule has 3 aromatic rings. The van der Waals surface area contributed by atoms with Crippen molar-refractivity contribution in [2.45, 2.75) is 13.5 Å². The van der Waals surface area contributed by atoms with Crippen LogP contribution in [-0.4, -0.2) is 46.9 Å². The molecule has 2 heterocycles. The summed E-state index contributed by atoms with van der Waals surface area (Å²) in [5.41, 5.74) is 3.87. The molecule has 1 fully saturated rings. The fraction of sp³-hybridized carbons (Fsp3) is 0.273. The van der Waals surface area contributed by atoms with Crippen molar-refractivity contribution in [1.29, 1.82) is 0 Å². The predicted molar refractivity (Wildman–Crippen MR) is 107 cm³/mol. The molecule has 0 unspecified atom stereocenters. The van der Waals surface area contributed by atoms with Gasteiger partial charge in [-0.25, -0.2) is 0 Å². The van der Waals surface area contributed by atoms with E-state index in [9.17, 15) is 9.59 Å². The number of H-pyrrole nitrogens is 1. The maximum atomic E-state index is 12.8. The molecule has 0 radical (unpaired) electrons. The van der Waals surface area contributed by atoms with E-state index in [0.29, 0.717) is 5.56 Å². The maximum absolute atomic E-state index is 12.8. The summed E-state index contributed by atoms with van der Waals surface area (Å²) in [6, 6.07) is 17.3. The van der Waals surface area contributed by atoms with Crippen LogP contribution < -0.4 is 5.56 Å². The van der Waals surface area contributed by atoms with E-state index in [-0.39, 0.29) is 11.5 Å². The Balaban J connectivity index is 1.40. The summed E-state index contributed by atoms with van der Waals surface area (Å²) in [4.78, 5) is 31.3. The number of carbonyl (C=O) groups excluding carboxylic acids is 1. The molecule has 27 heavy (non-hydrogen) atoms. The average Bonchev–Trinajstić information content (AvgIpc) is 2.69. The lowest BCUT2D eigenvalue weighted by Gasteiger charge is -2.34. The number of nitrogens with one attached hydrogen (secondary N) is 1. The van der Waals surface area contributed by atoms with Gasteiger partial charge in [-0.3, -0.25) is 14.5 Å². The van der Waals surface area contributed by atoms with E-state index in [1.807, 2.05) is 11.0 Å². The van der Waals surface area contributed by atoms with E-state index in [1.54, 1.807) is 18.2 Å². The van der Waals surface area contributed by atoms with Gasteiger partial charge in [-0.15, -0.1) is 0 Å². The number of amides is 1. The Morgan fingerprint density at radius 1 is 0.963 bits per heavy atom. The van der Waals surface area contributed by atoms with E-state index in [1.165, 1.54) is 17.2 Å². The summed E-state index contributed by atoms with van der Waals surface area (Å²) in [5, 5.41) is 0.874. The van der Waals surface area contributed by atoms with Crippen molar-refractivity contribution in [1.82, 2.24) is 14.8 Å². The summed E-state index contributed by atoms with van der Waals surface area (Å²) in [7, 11) is 0. The van der Waals surface area contributed by atoms with E-state index in [4.69, 9.17) is 0 Å². The molecule has 5 heteroatoms. The summed E-state index contributed by atoms with van der Waals surface area (Å²) in [6.07, 6.45) is 0. The van der Waals surface area contributed by atoms with E-state index >= 15 is 0 Å². The summed E-state index contributed by atoms with van der Waals surface area (Å²) >= 11 is 0. The van der Waals surface area contributed by atoms with Crippen LogP contribution in [0.1, 0.15) is 21.5 Å². The first-order valence-corrected chi connectivity index (χ1v) is 9.29. The van der Waals surface area contributed by atoms with Crippen LogP contribution in [0.4, 0.5) is 0 Å². The highest BCUT2D eigenvalue weighted by molar-refractivity contribution is 5.98. The maximum Gasteiger partial charge on any atom is 0.253 e. The Hall–Kier alpha value is -2.92. The zero-order valence-electron chi connectivity index (χ0n) is 15.4. The number of rotatable bonds is 3. The number of fused-ring (bicyclic) bond motifs is 1. The first-order chi connectivity index (χ1) is 13.1. The monoisotopic (exact) mass is 361 g/mol.